The number of nitrogens with zero attached hydrogens (tertiary/aromatic N) is 3. The van der Waals surface area contributed by atoms with Crippen LogP contribution in [0.15, 0.2) is 17.2 Å². The molecule has 0 saturated carbocycles. The first-order chi connectivity index (χ1) is 8.91. The van der Waals surface area contributed by atoms with Crippen LogP contribution in [0, 0.1) is 6.92 Å². The number of aryl methyl sites for hydroxylation is 1. The van der Waals surface area contributed by atoms with E-state index in [1.165, 1.54) is 13.1 Å². The highest BCUT2D eigenvalue weighted by molar-refractivity contribution is 5.91. The second-order valence-corrected chi connectivity index (χ2v) is 3.83. The Balaban J connectivity index is 2.84. The highest BCUT2D eigenvalue weighted by Crippen LogP contribution is 2.07. The van der Waals surface area contributed by atoms with Crippen molar-refractivity contribution < 1.29 is 19.8 Å². The number of hydrogen-bond donors (Lipinski definition) is 2. The maximum Gasteiger partial charge on any atom is 0.358 e. The minimum atomic E-state index is -1.31. The van der Waals surface area contributed by atoms with Crippen LogP contribution in [0.25, 0.3) is 5.65 Å². The summed E-state index contributed by atoms with van der Waals surface area (Å²) in [6.45, 7) is 1.46. The molecule has 0 fully saturated rings. The van der Waals surface area contributed by atoms with Crippen molar-refractivity contribution in [2.45, 2.75) is 13.3 Å². The SMILES string of the molecule is Cc1nc2c(C(=O)O)nccn2c(=O)c1CC(=O)O. The molecule has 0 saturated heterocycles. The number of aromatic nitrogens is 3. The van der Waals surface area contributed by atoms with Gasteiger partial charge in [0, 0.05) is 18.1 Å². The first kappa shape index (κ1) is 12.7. The number of carbonyl (C=O) groups is 2. The van der Waals surface area contributed by atoms with E-state index in [4.69, 9.17) is 10.2 Å². The van der Waals surface area contributed by atoms with E-state index in [2.05, 4.69) is 9.97 Å². The highest BCUT2D eigenvalue weighted by atomic mass is 16.4. The summed E-state index contributed by atoms with van der Waals surface area (Å²) in [5.41, 5.74) is -0.860. The zero-order valence-corrected chi connectivity index (χ0v) is 9.82. The molecule has 2 heterocycles. The Bertz CT molecular complexity index is 750. The molecule has 2 aromatic rings. The summed E-state index contributed by atoms with van der Waals surface area (Å²) in [5.74, 6) is -2.47. The smallest absolute Gasteiger partial charge is 0.358 e. The standard InChI is InChI=1S/C11H9N3O5/c1-5-6(4-7(15)16)10(17)14-3-2-12-8(11(18)19)9(14)13-5/h2-3H,4H2,1H3,(H,15,16)(H,18,19). The van der Waals surface area contributed by atoms with Crippen LogP contribution in [0.4, 0.5) is 0 Å². The Labute approximate surface area is 106 Å². The molecule has 98 valence electrons. The van der Waals surface area contributed by atoms with Gasteiger partial charge in [0.05, 0.1) is 12.0 Å². The highest BCUT2D eigenvalue weighted by Gasteiger charge is 2.17. The fraction of sp³-hybridized carbons (Fsp3) is 0.182. The number of aliphatic carboxylic acids is 1. The molecule has 0 aromatic carbocycles. The van der Waals surface area contributed by atoms with Gasteiger partial charge in [-0.2, -0.15) is 0 Å². The number of carboxylic acid groups (broad SMARTS) is 2. The molecule has 8 heteroatoms. The van der Waals surface area contributed by atoms with E-state index in [0.717, 1.165) is 10.6 Å². The topological polar surface area (TPSA) is 122 Å². The molecular formula is C11H9N3O5. The number of rotatable bonds is 3. The average Bonchev–Trinajstić information content (AvgIpc) is 2.33. The van der Waals surface area contributed by atoms with Crippen LogP contribution in [0.3, 0.4) is 0 Å². The lowest BCUT2D eigenvalue weighted by Gasteiger charge is -2.07. The van der Waals surface area contributed by atoms with Crippen molar-refractivity contribution in [1.82, 2.24) is 14.4 Å². The van der Waals surface area contributed by atoms with Crippen molar-refractivity contribution in [1.29, 1.82) is 0 Å². The van der Waals surface area contributed by atoms with Crippen LogP contribution in [0.5, 0.6) is 0 Å². The molecule has 2 N–H and O–H groups in total. The van der Waals surface area contributed by atoms with E-state index < -0.39 is 23.9 Å². The van der Waals surface area contributed by atoms with Crippen LogP contribution in [-0.4, -0.2) is 36.5 Å². The molecule has 0 aliphatic heterocycles. The lowest BCUT2D eigenvalue weighted by atomic mass is 10.1. The maximum atomic E-state index is 12.1. The third-order valence-corrected chi connectivity index (χ3v) is 2.58. The van der Waals surface area contributed by atoms with Gasteiger partial charge in [-0.3, -0.25) is 14.0 Å². The van der Waals surface area contributed by atoms with Crippen molar-refractivity contribution in [2.75, 3.05) is 0 Å². The van der Waals surface area contributed by atoms with Crippen molar-refractivity contribution in [3.05, 3.63) is 39.7 Å². The second kappa shape index (κ2) is 4.48. The molecule has 0 amide bonds. The second-order valence-electron chi connectivity index (χ2n) is 3.83. The van der Waals surface area contributed by atoms with E-state index in [-0.39, 0.29) is 22.6 Å². The van der Waals surface area contributed by atoms with Crippen LogP contribution in [0.1, 0.15) is 21.7 Å². The molecular weight excluding hydrogens is 254 g/mol. The molecule has 0 bridgehead atoms. The third-order valence-electron chi connectivity index (χ3n) is 2.58. The zero-order valence-electron chi connectivity index (χ0n) is 9.82. The van der Waals surface area contributed by atoms with Gasteiger partial charge in [0.15, 0.2) is 11.3 Å². The lowest BCUT2D eigenvalue weighted by Crippen LogP contribution is -2.25. The minimum absolute atomic E-state index is 0.0209. The predicted molar refractivity (Wildman–Crippen MR) is 62.3 cm³/mol. The van der Waals surface area contributed by atoms with Gasteiger partial charge in [0.2, 0.25) is 0 Å². The Morgan fingerprint density at radius 2 is 2.05 bits per heavy atom. The van der Waals surface area contributed by atoms with Gasteiger partial charge < -0.3 is 10.2 Å². The molecule has 0 unspecified atom stereocenters. The van der Waals surface area contributed by atoms with Gasteiger partial charge in [-0.25, -0.2) is 14.8 Å². The molecule has 2 aromatic heterocycles. The Hall–Kier alpha value is -2.77. The maximum absolute atomic E-state index is 12.1. The molecule has 0 aliphatic rings. The molecule has 0 aliphatic carbocycles. The van der Waals surface area contributed by atoms with Crippen molar-refractivity contribution in [2.24, 2.45) is 0 Å². The van der Waals surface area contributed by atoms with Crippen molar-refractivity contribution in [3.8, 4) is 0 Å². The molecule has 0 radical (unpaired) electrons. The lowest BCUT2D eigenvalue weighted by molar-refractivity contribution is -0.136. The predicted octanol–water partition coefficient (Wildman–Crippen LogP) is -0.277. The van der Waals surface area contributed by atoms with Crippen LogP contribution >= 0.6 is 0 Å². The monoisotopic (exact) mass is 263 g/mol. The summed E-state index contributed by atoms with van der Waals surface area (Å²) < 4.78 is 0.988. The van der Waals surface area contributed by atoms with Crippen LogP contribution < -0.4 is 5.56 Å². The van der Waals surface area contributed by atoms with Gasteiger partial charge in [0.1, 0.15) is 0 Å². The summed E-state index contributed by atoms with van der Waals surface area (Å²) in [6.07, 6.45) is 1.94. The van der Waals surface area contributed by atoms with Gasteiger partial charge in [-0.1, -0.05) is 0 Å². The first-order valence-electron chi connectivity index (χ1n) is 5.23. The molecule has 2 rings (SSSR count). The van der Waals surface area contributed by atoms with E-state index in [9.17, 15) is 14.4 Å². The summed E-state index contributed by atoms with van der Waals surface area (Å²) in [7, 11) is 0. The van der Waals surface area contributed by atoms with Crippen LogP contribution in [0.2, 0.25) is 0 Å². The summed E-state index contributed by atoms with van der Waals surface area (Å²) in [6, 6.07) is 0. The zero-order chi connectivity index (χ0) is 14.2. The van der Waals surface area contributed by atoms with Gasteiger partial charge in [0.25, 0.3) is 5.56 Å². The molecule has 0 spiro atoms. The first-order valence-corrected chi connectivity index (χ1v) is 5.23. The summed E-state index contributed by atoms with van der Waals surface area (Å²) >= 11 is 0. The fourth-order valence-electron chi connectivity index (χ4n) is 1.72. The largest absolute Gasteiger partial charge is 0.481 e. The van der Waals surface area contributed by atoms with E-state index in [1.807, 2.05) is 0 Å². The fourth-order valence-corrected chi connectivity index (χ4v) is 1.72. The normalized spacial score (nSPS) is 10.6. The number of aromatic carboxylic acids is 1. The van der Waals surface area contributed by atoms with E-state index in [0.29, 0.717) is 0 Å². The number of fused-ring (bicyclic) bond motifs is 1. The Kier molecular flexibility index (Phi) is 2.99. The summed E-state index contributed by atoms with van der Waals surface area (Å²) in [4.78, 5) is 41.4. The quantitative estimate of drug-likeness (QED) is 0.780. The van der Waals surface area contributed by atoms with E-state index >= 15 is 0 Å². The van der Waals surface area contributed by atoms with Gasteiger partial charge in [-0.05, 0) is 6.92 Å². The average molecular weight is 263 g/mol. The summed E-state index contributed by atoms with van der Waals surface area (Å²) in [5, 5.41) is 17.7. The number of hydrogen-bond acceptors (Lipinski definition) is 5. The minimum Gasteiger partial charge on any atom is -0.481 e. The molecule has 19 heavy (non-hydrogen) atoms. The Morgan fingerprint density at radius 3 is 2.63 bits per heavy atom. The van der Waals surface area contributed by atoms with Crippen molar-refractivity contribution in [3.63, 3.8) is 0 Å². The van der Waals surface area contributed by atoms with Crippen LogP contribution in [-0.2, 0) is 11.2 Å². The molecule has 8 nitrogen and oxygen atoms in total. The Morgan fingerprint density at radius 1 is 1.37 bits per heavy atom. The van der Waals surface area contributed by atoms with Gasteiger partial charge >= 0.3 is 11.9 Å². The third kappa shape index (κ3) is 2.15. The van der Waals surface area contributed by atoms with E-state index in [1.54, 1.807) is 0 Å². The molecule has 0 atom stereocenters. The van der Waals surface area contributed by atoms with Gasteiger partial charge in [-0.15, -0.1) is 0 Å². The number of carboxylic acids is 2. The van der Waals surface area contributed by atoms with Crippen molar-refractivity contribution >= 4 is 17.6 Å².